The highest BCUT2D eigenvalue weighted by molar-refractivity contribution is 7.99. The molecule has 1 aliphatic heterocycles. The normalized spacial score (nSPS) is 23.7. The van der Waals surface area contributed by atoms with Gasteiger partial charge in [0.25, 0.3) is 0 Å². The monoisotopic (exact) mass is 224 g/mol. The fourth-order valence-corrected chi connectivity index (χ4v) is 3.22. The number of nitrogen functional groups attached to an aromatic ring is 1. The SMILES string of the molecule is Nc1ccncc1C(O)C1CCCCS1. The van der Waals surface area contributed by atoms with E-state index in [4.69, 9.17) is 5.73 Å². The number of rotatable bonds is 2. The molecule has 1 fully saturated rings. The zero-order valence-corrected chi connectivity index (χ0v) is 9.41. The summed E-state index contributed by atoms with van der Waals surface area (Å²) in [6, 6.07) is 1.74. The van der Waals surface area contributed by atoms with E-state index in [2.05, 4.69) is 4.98 Å². The van der Waals surface area contributed by atoms with Crippen molar-refractivity contribution in [3.63, 3.8) is 0 Å². The van der Waals surface area contributed by atoms with Crippen molar-refractivity contribution >= 4 is 17.4 Å². The summed E-state index contributed by atoms with van der Waals surface area (Å²) in [6.45, 7) is 0. The molecule has 1 aromatic heterocycles. The van der Waals surface area contributed by atoms with E-state index in [1.165, 1.54) is 12.8 Å². The number of thioether (sulfide) groups is 1. The summed E-state index contributed by atoms with van der Waals surface area (Å²) in [4.78, 5) is 4.01. The Hall–Kier alpha value is -0.740. The van der Waals surface area contributed by atoms with E-state index < -0.39 is 6.10 Å². The highest BCUT2D eigenvalue weighted by atomic mass is 32.2. The van der Waals surface area contributed by atoms with Gasteiger partial charge in [0.05, 0.1) is 6.10 Å². The van der Waals surface area contributed by atoms with Gasteiger partial charge in [-0.25, -0.2) is 0 Å². The maximum absolute atomic E-state index is 10.2. The number of aromatic nitrogens is 1. The van der Waals surface area contributed by atoms with Crippen LogP contribution >= 0.6 is 11.8 Å². The van der Waals surface area contributed by atoms with Crippen molar-refractivity contribution < 1.29 is 5.11 Å². The Morgan fingerprint density at radius 2 is 2.40 bits per heavy atom. The van der Waals surface area contributed by atoms with Gasteiger partial charge in [-0.2, -0.15) is 11.8 Å². The molecule has 2 heterocycles. The van der Waals surface area contributed by atoms with Gasteiger partial charge < -0.3 is 10.8 Å². The van der Waals surface area contributed by atoms with Crippen molar-refractivity contribution in [1.82, 2.24) is 4.98 Å². The Labute approximate surface area is 94.1 Å². The zero-order chi connectivity index (χ0) is 10.7. The Kier molecular flexibility index (Phi) is 3.49. The van der Waals surface area contributed by atoms with Gasteiger partial charge in [-0.05, 0) is 24.7 Å². The molecule has 0 spiro atoms. The lowest BCUT2D eigenvalue weighted by Gasteiger charge is -2.26. The van der Waals surface area contributed by atoms with Crippen LogP contribution in [-0.2, 0) is 0 Å². The van der Waals surface area contributed by atoms with E-state index in [9.17, 15) is 5.11 Å². The molecule has 3 N–H and O–H groups in total. The maximum atomic E-state index is 10.2. The highest BCUT2D eigenvalue weighted by Gasteiger charge is 2.25. The predicted molar refractivity (Wildman–Crippen MR) is 63.7 cm³/mol. The molecular formula is C11H16N2OS. The molecule has 0 saturated carbocycles. The zero-order valence-electron chi connectivity index (χ0n) is 8.60. The van der Waals surface area contributed by atoms with Crippen LogP contribution in [0.5, 0.6) is 0 Å². The molecule has 1 aromatic rings. The lowest BCUT2D eigenvalue weighted by Crippen LogP contribution is -2.20. The van der Waals surface area contributed by atoms with Crippen LogP contribution in [-0.4, -0.2) is 21.1 Å². The Balaban J connectivity index is 2.12. The minimum atomic E-state index is -0.469. The van der Waals surface area contributed by atoms with Gasteiger partial charge in [0.15, 0.2) is 0 Å². The minimum absolute atomic E-state index is 0.283. The average molecular weight is 224 g/mol. The van der Waals surface area contributed by atoms with Crippen LogP contribution in [0.2, 0.25) is 0 Å². The van der Waals surface area contributed by atoms with Gasteiger partial charge in [0.2, 0.25) is 0 Å². The molecule has 0 aliphatic carbocycles. The number of aliphatic hydroxyl groups excluding tert-OH is 1. The van der Waals surface area contributed by atoms with E-state index in [-0.39, 0.29) is 5.25 Å². The van der Waals surface area contributed by atoms with Gasteiger partial charge in [-0.3, -0.25) is 4.98 Å². The van der Waals surface area contributed by atoms with Crippen molar-refractivity contribution in [3.05, 3.63) is 24.0 Å². The molecule has 3 nitrogen and oxygen atoms in total. The summed E-state index contributed by atoms with van der Waals surface area (Å²) >= 11 is 1.84. The molecule has 15 heavy (non-hydrogen) atoms. The fourth-order valence-electron chi connectivity index (χ4n) is 1.88. The first kappa shape index (κ1) is 10.8. The third kappa shape index (κ3) is 2.44. The lowest BCUT2D eigenvalue weighted by molar-refractivity contribution is 0.169. The molecule has 0 amide bonds. The molecule has 0 bridgehead atoms. The molecular weight excluding hydrogens is 208 g/mol. The molecule has 0 aromatic carbocycles. The summed E-state index contributed by atoms with van der Waals surface area (Å²) in [5.74, 6) is 1.14. The van der Waals surface area contributed by atoms with Crippen LogP contribution in [0.25, 0.3) is 0 Å². The van der Waals surface area contributed by atoms with Gasteiger partial charge in [-0.15, -0.1) is 0 Å². The molecule has 2 rings (SSSR count). The van der Waals surface area contributed by atoms with Crippen molar-refractivity contribution in [2.24, 2.45) is 0 Å². The van der Waals surface area contributed by atoms with Crippen molar-refractivity contribution in [2.75, 3.05) is 11.5 Å². The van der Waals surface area contributed by atoms with Gasteiger partial charge in [0, 0.05) is 28.9 Å². The number of hydrogen-bond acceptors (Lipinski definition) is 4. The molecule has 4 heteroatoms. The molecule has 2 atom stereocenters. The first-order valence-corrected chi connectivity index (χ1v) is 6.33. The number of pyridine rings is 1. The number of hydrogen-bond donors (Lipinski definition) is 2. The maximum Gasteiger partial charge on any atom is 0.0943 e. The molecule has 2 unspecified atom stereocenters. The van der Waals surface area contributed by atoms with Crippen LogP contribution in [0, 0.1) is 0 Å². The quantitative estimate of drug-likeness (QED) is 0.806. The van der Waals surface area contributed by atoms with E-state index in [0.29, 0.717) is 5.69 Å². The summed E-state index contributed by atoms with van der Waals surface area (Å²) in [5, 5.41) is 10.5. The van der Waals surface area contributed by atoms with Crippen LogP contribution in [0.15, 0.2) is 18.5 Å². The van der Waals surface area contributed by atoms with Crippen molar-refractivity contribution in [2.45, 2.75) is 30.6 Å². The number of aliphatic hydroxyl groups is 1. The topological polar surface area (TPSA) is 59.1 Å². The van der Waals surface area contributed by atoms with E-state index in [0.717, 1.165) is 17.7 Å². The summed E-state index contributed by atoms with van der Waals surface area (Å²) in [6.07, 6.45) is 6.39. The fraction of sp³-hybridized carbons (Fsp3) is 0.545. The molecule has 0 radical (unpaired) electrons. The third-order valence-electron chi connectivity index (χ3n) is 2.77. The Morgan fingerprint density at radius 1 is 1.53 bits per heavy atom. The molecule has 1 saturated heterocycles. The van der Waals surface area contributed by atoms with Crippen LogP contribution in [0.1, 0.15) is 30.9 Å². The van der Waals surface area contributed by atoms with Gasteiger partial charge in [-0.1, -0.05) is 6.42 Å². The number of anilines is 1. The van der Waals surface area contributed by atoms with Gasteiger partial charge >= 0.3 is 0 Å². The smallest absolute Gasteiger partial charge is 0.0943 e. The Bertz CT molecular complexity index is 326. The Morgan fingerprint density at radius 3 is 3.07 bits per heavy atom. The van der Waals surface area contributed by atoms with Crippen molar-refractivity contribution in [3.8, 4) is 0 Å². The molecule has 1 aliphatic rings. The number of nitrogens with zero attached hydrogens (tertiary/aromatic N) is 1. The van der Waals surface area contributed by atoms with Crippen LogP contribution in [0.3, 0.4) is 0 Å². The largest absolute Gasteiger partial charge is 0.398 e. The average Bonchev–Trinajstić information content (AvgIpc) is 2.30. The number of nitrogens with two attached hydrogens (primary N) is 1. The minimum Gasteiger partial charge on any atom is -0.398 e. The summed E-state index contributed by atoms with van der Waals surface area (Å²) in [7, 11) is 0. The second-order valence-electron chi connectivity index (χ2n) is 3.85. The first-order chi connectivity index (χ1) is 7.29. The standard InChI is InChI=1S/C11H16N2OS/c12-9-4-5-13-7-8(9)11(14)10-3-1-2-6-15-10/h4-5,7,10-11,14H,1-3,6H2,(H2,12,13). The predicted octanol–water partition coefficient (Wildman–Crippen LogP) is 1.98. The molecule has 82 valence electrons. The van der Waals surface area contributed by atoms with E-state index in [1.54, 1.807) is 18.5 Å². The van der Waals surface area contributed by atoms with Gasteiger partial charge in [0.1, 0.15) is 0 Å². The third-order valence-corrected chi connectivity index (χ3v) is 4.22. The lowest BCUT2D eigenvalue weighted by atomic mass is 10.0. The summed E-state index contributed by atoms with van der Waals surface area (Å²) in [5.41, 5.74) is 7.24. The van der Waals surface area contributed by atoms with Crippen LogP contribution in [0.4, 0.5) is 5.69 Å². The van der Waals surface area contributed by atoms with Crippen molar-refractivity contribution in [1.29, 1.82) is 0 Å². The second kappa shape index (κ2) is 4.86. The summed E-state index contributed by atoms with van der Waals surface area (Å²) < 4.78 is 0. The first-order valence-electron chi connectivity index (χ1n) is 5.28. The second-order valence-corrected chi connectivity index (χ2v) is 5.20. The highest BCUT2D eigenvalue weighted by Crippen LogP contribution is 2.35. The van der Waals surface area contributed by atoms with E-state index >= 15 is 0 Å². The van der Waals surface area contributed by atoms with Crippen LogP contribution < -0.4 is 5.73 Å². The van der Waals surface area contributed by atoms with E-state index in [1.807, 2.05) is 11.8 Å².